The standard InChI is InChI=1S/C15H18FN3O3/c1-9(10-2-5-13(20)12(16)8-10)17-14(21)6-3-11-4-7-15(22)19-18-11/h2,5,8-9,20H,3-4,6-7H2,1H3,(H,17,21)(H,19,22)/t9-/m1/s1. The van der Waals surface area contributed by atoms with Gasteiger partial charge in [-0.3, -0.25) is 9.59 Å². The van der Waals surface area contributed by atoms with E-state index in [-0.39, 0.29) is 24.3 Å². The molecular weight excluding hydrogens is 289 g/mol. The van der Waals surface area contributed by atoms with Gasteiger partial charge in [-0.25, -0.2) is 9.82 Å². The van der Waals surface area contributed by atoms with Gasteiger partial charge in [-0.05, 0) is 37.5 Å². The third-order valence-corrected chi connectivity index (χ3v) is 3.47. The Bertz CT molecular complexity index is 616. The third kappa shape index (κ3) is 4.28. The lowest BCUT2D eigenvalue weighted by Gasteiger charge is -2.16. The number of nitrogens with one attached hydrogen (secondary N) is 2. The Kier molecular flexibility index (Phi) is 5.08. The number of hydrazone groups is 1. The van der Waals surface area contributed by atoms with Crippen molar-refractivity contribution in [2.45, 2.75) is 38.6 Å². The molecule has 0 spiro atoms. The van der Waals surface area contributed by atoms with E-state index in [0.717, 1.165) is 5.71 Å². The Morgan fingerprint density at radius 2 is 2.27 bits per heavy atom. The van der Waals surface area contributed by atoms with Gasteiger partial charge in [0.15, 0.2) is 11.6 Å². The highest BCUT2D eigenvalue weighted by atomic mass is 19.1. The van der Waals surface area contributed by atoms with Crippen LogP contribution in [0.25, 0.3) is 0 Å². The first-order chi connectivity index (χ1) is 10.5. The molecule has 7 heteroatoms. The molecule has 0 saturated heterocycles. The summed E-state index contributed by atoms with van der Waals surface area (Å²) in [5.41, 5.74) is 3.75. The minimum Gasteiger partial charge on any atom is -0.505 e. The Hall–Kier alpha value is -2.44. The van der Waals surface area contributed by atoms with Gasteiger partial charge in [-0.1, -0.05) is 6.07 Å². The fourth-order valence-corrected chi connectivity index (χ4v) is 2.14. The summed E-state index contributed by atoms with van der Waals surface area (Å²) in [6.07, 6.45) is 1.68. The number of aromatic hydroxyl groups is 1. The predicted octanol–water partition coefficient (Wildman–Crippen LogP) is 1.75. The van der Waals surface area contributed by atoms with Crippen LogP contribution in [0.1, 0.15) is 44.2 Å². The molecule has 1 aliphatic rings. The van der Waals surface area contributed by atoms with E-state index in [1.807, 2.05) is 0 Å². The van der Waals surface area contributed by atoms with Crippen LogP contribution in [0.15, 0.2) is 23.3 Å². The van der Waals surface area contributed by atoms with E-state index in [1.165, 1.54) is 12.1 Å². The SMILES string of the molecule is C[C@@H](NC(=O)CCC1=NNC(=O)CC1)c1ccc(O)c(F)c1. The largest absolute Gasteiger partial charge is 0.505 e. The van der Waals surface area contributed by atoms with E-state index in [2.05, 4.69) is 15.8 Å². The quantitative estimate of drug-likeness (QED) is 0.774. The van der Waals surface area contributed by atoms with Gasteiger partial charge in [-0.15, -0.1) is 0 Å². The van der Waals surface area contributed by atoms with Gasteiger partial charge in [0.25, 0.3) is 0 Å². The average Bonchev–Trinajstić information content (AvgIpc) is 2.49. The van der Waals surface area contributed by atoms with Crippen molar-refractivity contribution >= 4 is 17.5 Å². The lowest BCUT2D eigenvalue weighted by atomic mass is 10.1. The second-order valence-electron chi connectivity index (χ2n) is 5.21. The first-order valence-corrected chi connectivity index (χ1v) is 7.07. The molecule has 0 aliphatic carbocycles. The van der Waals surface area contributed by atoms with Crippen molar-refractivity contribution in [2.75, 3.05) is 0 Å². The number of phenols is 1. The zero-order valence-corrected chi connectivity index (χ0v) is 12.2. The van der Waals surface area contributed by atoms with Gasteiger partial charge in [0, 0.05) is 18.6 Å². The summed E-state index contributed by atoms with van der Waals surface area (Å²) in [6.45, 7) is 1.74. The number of hydrogen-bond acceptors (Lipinski definition) is 4. The summed E-state index contributed by atoms with van der Waals surface area (Å²) in [7, 11) is 0. The molecule has 0 bridgehead atoms. The van der Waals surface area contributed by atoms with Crippen LogP contribution in [0, 0.1) is 5.82 Å². The van der Waals surface area contributed by atoms with Gasteiger partial charge >= 0.3 is 0 Å². The molecule has 6 nitrogen and oxygen atoms in total. The van der Waals surface area contributed by atoms with Crippen molar-refractivity contribution in [3.05, 3.63) is 29.6 Å². The second kappa shape index (κ2) is 7.02. The maximum Gasteiger partial charge on any atom is 0.240 e. The van der Waals surface area contributed by atoms with Gasteiger partial charge in [0.2, 0.25) is 11.8 Å². The number of hydrogen-bond donors (Lipinski definition) is 3. The Labute approximate surface area is 127 Å². The van der Waals surface area contributed by atoms with Crippen LogP contribution in [-0.2, 0) is 9.59 Å². The van der Waals surface area contributed by atoms with E-state index in [0.29, 0.717) is 24.8 Å². The monoisotopic (exact) mass is 307 g/mol. The fourth-order valence-electron chi connectivity index (χ4n) is 2.14. The molecule has 118 valence electrons. The zero-order chi connectivity index (χ0) is 16.1. The first-order valence-electron chi connectivity index (χ1n) is 7.07. The van der Waals surface area contributed by atoms with Crippen molar-refractivity contribution < 1.29 is 19.1 Å². The number of nitrogens with zero attached hydrogens (tertiary/aromatic N) is 1. The lowest BCUT2D eigenvalue weighted by Crippen LogP contribution is -2.29. The molecule has 0 radical (unpaired) electrons. The van der Waals surface area contributed by atoms with Crippen molar-refractivity contribution in [2.24, 2.45) is 5.10 Å². The number of amides is 2. The van der Waals surface area contributed by atoms with Crippen LogP contribution in [0.3, 0.4) is 0 Å². The van der Waals surface area contributed by atoms with Crippen molar-refractivity contribution in [3.8, 4) is 5.75 Å². The van der Waals surface area contributed by atoms with Crippen LogP contribution in [-0.4, -0.2) is 22.6 Å². The Morgan fingerprint density at radius 3 is 2.91 bits per heavy atom. The first kappa shape index (κ1) is 15.9. The molecule has 2 amide bonds. The average molecular weight is 307 g/mol. The molecule has 1 aliphatic heterocycles. The summed E-state index contributed by atoms with van der Waals surface area (Å²) < 4.78 is 13.3. The highest BCUT2D eigenvalue weighted by Gasteiger charge is 2.15. The Balaban J connectivity index is 1.83. The van der Waals surface area contributed by atoms with Gasteiger partial charge < -0.3 is 10.4 Å². The number of carbonyl (C=O) groups excluding carboxylic acids is 2. The zero-order valence-electron chi connectivity index (χ0n) is 12.2. The third-order valence-electron chi connectivity index (χ3n) is 3.47. The van der Waals surface area contributed by atoms with Crippen LogP contribution in [0.4, 0.5) is 4.39 Å². The van der Waals surface area contributed by atoms with Crippen LogP contribution < -0.4 is 10.7 Å². The van der Waals surface area contributed by atoms with Gasteiger partial charge in [-0.2, -0.15) is 5.10 Å². The number of phenolic OH excluding ortho intramolecular Hbond substituents is 1. The smallest absolute Gasteiger partial charge is 0.240 e. The minimum atomic E-state index is -0.717. The summed E-state index contributed by atoms with van der Waals surface area (Å²) in [4.78, 5) is 22.8. The minimum absolute atomic E-state index is 0.115. The van der Waals surface area contributed by atoms with Crippen LogP contribution in [0.2, 0.25) is 0 Å². The van der Waals surface area contributed by atoms with E-state index >= 15 is 0 Å². The molecule has 0 unspecified atom stereocenters. The number of rotatable bonds is 5. The predicted molar refractivity (Wildman–Crippen MR) is 78.7 cm³/mol. The van der Waals surface area contributed by atoms with E-state index in [4.69, 9.17) is 5.11 Å². The molecule has 1 aromatic carbocycles. The van der Waals surface area contributed by atoms with Crippen molar-refractivity contribution in [1.82, 2.24) is 10.7 Å². The molecule has 22 heavy (non-hydrogen) atoms. The second-order valence-corrected chi connectivity index (χ2v) is 5.21. The molecule has 1 heterocycles. The molecule has 0 saturated carbocycles. The maximum absolute atomic E-state index is 13.3. The molecule has 2 rings (SSSR count). The summed E-state index contributed by atoms with van der Waals surface area (Å²) in [5.74, 6) is -1.43. The Morgan fingerprint density at radius 1 is 1.50 bits per heavy atom. The summed E-state index contributed by atoms with van der Waals surface area (Å²) >= 11 is 0. The fraction of sp³-hybridized carbons (Fsp3) is 0.400. The van der Waals surface area contributed by atoms with Gasteiger partial charge in [0.1, 0.15) is 0 Å². The normalized spacial score (nSPS) is 15.7. The molecule has 3 N–H and O–H groups in total. The van der Waals surface area contributed by atoms with Crippen molar-refractivity contribution in [1.29, 1.82) is 0 Å². The maximum atomic E-state index is 13.3. The van der Waals surface area contributed by atoms with E-state index in [9.17, 15) is 14.0 Å². The molecule has 1 aromatic rings. The molecular formula is C15H18FN3O3. The summed E-state index contributed by atoms with van der Waals surface area (Å²) in [6, 6.07) is 3.65. The van der Waals surface area contributed by atoms with E-state index in [1.54, 1.807) is 13.0 Å². The van der Waals surface area contributed by atoms with Crippen LogP contribution in [0.5, 0.6) is 5.75 Å². The van der Waals surface area contributed by atoms with E-state index < -0.39 is 11.6 Å². The molecule has 1 atom stereocenters. The van der Waals surface area contributed by atoms with Crippen molar-refractivity contribution in [3.63, 3.8) is 0 Å². The highest BCUT2D eigenvalue weighted by molar-refractivity contribution is 5.94. The topological polar surface area (TPSA) is 90.8 Å². The van der Waals surface area contributed by atoms with Crippen LogP contribution >= 0.6 is 0 Å². The van der Waals surface area contributed by atoms with Gasteiger partial charge in [0.05, 0.1) is 6.04 Å². The number of halogens is 1. The highest BCUT2D eigenvalue weighted by Crippen LogP contribution is 2.20. The molecule has 0 aromatic heterocycles. The summed E-state index contributed by atoms with van der Waals surface area (Å²) in [5, 5.41) is 15.8. The molecule has 0 fully saturated rings. The number of carbonyl (C=O) groups is 2. The lowest BCUT2D eigenvalue weighted by molar-refractivity contribution is -0.121. The number of benzene rings is 1.